The second kappa shape index (κ2) is 11.3. The number of rotatable bonds is 11. The first-order valence-electron chi connectivity index (χ1n) is 10.4. The highest BCUT2D eigenvalue weighted by Gasteiger charge is 2.45. The van der Waals surface area contributed by atoms with Crippen LogP contribution >= 0.6 is 0 Å². The fourth-order valence-electron chi connectivity index (χ4n) is 4.44. The number of amides is 1. The van der Waals surface area contributed by atoms with Gasteiger partial charge in [0.1, 0.15) is 6.10 Å². The molecule has 0 bridgehead atoms. The Morgan fingerprint density at radius 2 is 1.72 bits per heavy atom. The molecule has 3 N–H and O–H groups in total. The molecule has 0 radical (unpaired) electrons. The molecule has 2 saturated carbocycles. The summed E-state index contributed by atoms with van der Waals surface area (Å²) in [6, 6.07) is -0.0325. The minimum Gasteiger partial charge on any atom is -0.481 e. The van der Waals surface area contributed by atoms with Gasteiger partial charge in [-0.3, -0.25) is 9.59 Å². The summed E-state index contributed by atoms with van der Waals surface area (Å²) in [6.45, 7) is 0.777. The Bertz CT molecular complexity index is 553. The van der Waals surface area contributed by atoms with Gasteiger partial charge in [-0.25, -0.2) is 4.79 Å². The van der Waals surface area contributed by atoms with E-state index in [1.54, 1.807) is 7.11 Å². The van der Waals surface area contributed by atoms with Gasteiger partial charge in [0.2, 0.25) is 5.91 Å². The molecule has 0 spiro atoms. The van der Waals surface area contributed by atoms with Gasteiger partial charge in [0, 0.05) is 13.2 Å². The zero-order chi connectivity index (χ0) is 21.3. The highest BCUT2D eigenvalue weighted by Crippen LogP contribution is 2.44. The van der Waals surface area contributed by atoms with Gasteiger partial charge in [-0.1, -0.05) is 12.8 Å². The van der Waals surface area contributed by atoms with Gasteiger partial charge < -0.3 is 29.7 Å². The summed E-state index contributed by atoms with van der Waals surface area (Å²) in [5, 5.41) is 21.4. The number of hydrogen-bond donors (Lipinski definition) is 3. The summed E-state index contributed by atoms with van der Waals surface area (Å²) < 4.78 is 15.2. The Labute approximate surface area is 171 Å². The monoisotopic (exact) mass is 415 g/mol. The van der Waals surface area contributed by atoms with Crippen molar-refractivity contribution >= 4 is 18.0 Å². The van der Waals surface area contributed by atoms with Crippen molar-refractivity contribution in [1.29, 1.82) is 0 Å². The molecule has 2 rings (SSSR count). The van der Waals surface area contributed by atoms with Crippen LogP contribution in [0.15, 0.2) is 0 Å². The third-order valence-electron chi connectivity index (χ3n) is 6.06. The van der Waals surface area contributed by atoms with E-state index in [1.807, 2.05) is 0 Å². The predicted molar refractivity (Wildman–Crippen MR) is 103 cm³/mol. The Morgan fingerprint density at radius 3 is 2.28 bits per heavy atom. The molecular formula is C20H33NO8. The maximum absolute atomic E-state index is 13.1. The van der Waals surface area contributed by atoms with Gasteiger partial charge in [-0.05, 0) is 44.9 Å². The van der Waals surface area contributed by atoms with Gasteiger partial charge >= 0.3 is 12.1 Å². The van der Waals surface area contributed by atoms with E-state index in [2.05, 4.69) is 5.32 Å². The second-order valence-electron chi connectivity index (χ2n) is 8.13. The molecule has 0 saturated heterocycles. The molecule has 0 aromatic rings. The maximum Gasteiger partial charge on any atom is 0.506 e. The lowest BCUT2D eigenvalue weighted by Crippen LogP contribution is -2.47. The van der Waals surface area contributed by atoms with Gasteiger partial charge in [0.25, 0.3) is 0 Å². The van der Waals surface area contributed by atoms with Crippen LogP contribution in [0, 0.1) is 11.3 Å². The fraction of sp³-hybridized carbons (Fsp3) is 0.850. The summed E-state index contributed by atoms with van der Waals surface area (Å²) >= 11 is 0. The maximum atomic E-state index is 13.1. The van der Waals surface area contributed by atoms with E-state index in [4.69, 9.17) is 19.3 Å². The first-order chi connectivity index (χ1) is 13.9. The number of carbonyl (C=O) groups is 3. The zero-order valence-corrected chi connectivity index (χ0v) is 17.1. The van der Waals surface area contributed by atoms with Crippen LogP contribution in [-0.2, 0) is 23.8 Å². The minimum atomic E-state index is -1.27. The summed E-state index contributed by atoms with van der Waals surface area (Å²) in [5.41, 5.74) is -0.678. The lowest BCUT2D eigenvalue weighted by Gasteiger charge is -2.34. The van der Waals surface area contributed by atoms with E-state index in [1.165, 1.54) is 0 Å². The number of carbonyl (C=O) groups excluding carboxylic acids is 1. The lowest BCUT2D eigenvalue weighted by molar-refractivity contribution is -0.147. The number of carboxylic acids is 1. The van der Waals surface area contributed by atoms with E-state index in [-0.39, 0.29) is 31.1 Å². The van der Waals surface area contributed by atoms with Crippen LogP contribution < -0.4 is 5.32 Å². The predicted octanol–water partition coefficient (Wildman–Crippen LogP) is 2.42. The molecule has 9 nitrogen and oxygen atoms in total. The van der Waals surface area contributed by atoms with Crippen LogP contribution in [0.5, 0.6) is 0 Å². The molecule has 166 valence electrons. The van der Waals surface area contributed by atoms with Gasteiger partial charge in [0.15, 0.2) is 0 Å². The van der Waals surface area contributed by atoms with Crippen molar-refractivity contribution in [1.82, 2.24) is 5.32 Å². The molecule has 1 amide bonds. The van der Waals surface area contributed by atoms with Crippen LogP contribution in [0.25, 0.3) is 0 Å². The summed E-state index contributed by atoms with van der Waals surface area (Å²) in [6.07, 6.45) is 4.31. The molecule has 2 aliphatic carbocycles. The van der Waals surface area contributed by atoms with E-state index < -0.39 is 23.5 Å². The van der Waals surface area contributed by atoms with Crippen molar-refractivity contribution in [3.05, 3.63) is 0 Å². The number of ether oxygens (including phenoxy) is 3. The Kier molecular flexibility index (Phi) is 9.16. The number of hydrogen-bond acceptors (Lipinski definition) is 6. The van der Waals surface area contributed by atoms with E-state index in [0.717, 1.165) is 12.8 Å². The number of carboxylic acid groups (broad SMARTS) is 2. The first kappa shape index (κ1) is 23.4. The van der Waals surface area contributed by atoms with Crippen molar-refractivity contribution in [2.45, 2.75) is 69.9 Å². The molecular weight excluding hydrogens is 382 g/mol. The summed E-state index contributed by atoms with van der Waals surface area (Å²) in [4.78, 5) is 35.5. The van der Waals surface area contributed by atoms with E-state index in [0.29, 0.717) is 51.7 Å². The highest BCUT2D eigenvalue weighted by atomic mass is 16.7. The average Bonchev–Trinajstić information content (AvgIpc) is 3.15. The van der Waals surface area contributed by atoms with Crippen molar-refractivity contribution in [3.63, 3.8) is 0 Å². The van der Waals surface area contributed by atoms with Crippen molar-refractivity contribution in [3.8, 4) is 0 Å². The highest BCUT2D eigenvalue weighted by molar-refractivity contribution is 5.84. The normalized spacial score (nSPS) is 24.6. The second-order valence-corrected chi connectivity index (χ2v) is 8.13. The molecule has 29 heavy (non-hydrogen) atoms. The SMILES string of the molecule is COCCOCC(CC1(C(=O)N[C@H]2CC[C@@H](OC(=O)O)CC2)CCCC1)C(=O)O. The summed E-state index contributed by atoms with van der Waals surface area (Å²) in [5.74, 6) is -1.77. The summed E-state index contributed by atoms with van der Waals surface area (Å²) in [7, 11) is 1.55. The molecule has 1 atom stereocenters. The van der Waals surface area contributed by atoms with Gasteiger partial charge in [-0.2, -0.15) is 0 Å². The lowest BCUT2D eigenvalue weighted by atomic mass is 9.76. The topological polar surface area (TPSA) is 131 Å². The van der Waals surface area contributed by atoms with Crippen LogP contribution in [0.1, 0.15) is 57.8 Å². The van der Waals surface area contributed by atoms with Crippen LogP contribution in [0.2, 0.25) is 0 Å². The number of methoxy groups -OCH3 is 1. The van der Waals surface area contributed by atoms with Crippen molar-refractivity contribution < 1.29 is 38.8 Å². The van der Waals surface area contributed by atoms with Gasteiger partial charge in [-0.15, -0.1) is 0 Å². The molecule has 0 aliphatic heterocycles. The molecule has 0 heterocycles. The third kappa shape index (κ3) is 7.15. The van der Waals surface area contributed by atoms with E-state index >= 15 is 0 Å². The first-order valence-corrected chi connectivity index (χ1v) is 10.4. The van der Waals surface area contributed by atoms with Crippen molar-refractivity contribution in [2.24, 2.45) is 11.3 Å². The fourth-order valence-corrected chi connectivity index (χ4v) is 4.44. The molecule has 0 aromatic heterocycles. The van der Waals surface area contributed by atoms with Crippen molar-refractivity contribution in [2.75, 3.05) is 26.9 Å². The number of nitrogens with one attached hydrogen (secondary N) is 1. The Balaban J connectivity index is 1.91. The third-order valence-corrected chi connectivity index (χ3v) is 6.06. The Hall–Kier alpha value is -1.87. The largest absolute Gasteiger partial charge is 0.506 e. The Morgan fingerprint density at radius 1 is 1.07 bits per heavy atom. The number of aliphatic carboxylic acids is 1. The van der Waals surface area contributed by atoms with Crippen LogP contribution in [0.3, 0.4) is 0 Å². The molecule has 9 heteroatoms. The molecule has 1 unspecified atom stereocenters. The van der Waals surface area contributed by atoms with E-state index in [9.17, 15) is 19.5 Å². The minimum absolute atomic E-state index is 0.0325. The quantitative estimate of drug-likeness (QED) is 0.346. The molecule has 2 fully saturated rings. The average molecular weight is 415 g/mol. The van der Waals surface area contributed by atoms with Crippen LogP contribution in [-0.4, -0.2) is 67.3 Å². The molecule has 2 aliphatic rings. The standard InChI is InChI=1S/C20H33NO8/c1-27-10-11-28-13-14(17(22)23)12-20(8-2-3-9-20)18(24)21-15-4-6-16(7-5-15)29-19(25)26/h14-16H,2-13H2,1H3,(H,21,24)(H,22,23)(H,25,26)/t14?,15-,16+. The van der Waals surface area contributed by atoms with Gasteiger partial charge in [0.05, 0.1) is 31.2 Å². The zero-order valence-electron chi connectivity index (χ0n) is 17.1. The van der Waals surface area contributed by atoms with Crippen LogP contribution in [0.4, 0.5) is 4.79 Å². The smallest absolute Gasteiger partial charge is 0.481 e. The molecule has 0 aromatic carbocycles.